The standard InChI is InChI=1S/C15H26N4O/c1-3-10-20-15-12-17-11-14(18-15)19-8-5-13(6-9-19)4-7-16-2/h11-13,16H,3-10H2,1-2H3. The Bertz CT molecular complexity index is 391. The number of aromatic nitrogens is 2. The Hall–Kier alpha value is -1.36. The Morgan fingerprint density at radius 1 is 1.35 bits per heavy atom. The lowest BCUT2D eigenvalue weighted by molar-refractivity contribution is 0.303. The van der Waals surface area contributed by atoms with Crippen LogP contribution in [0.3, 0.4) is 0 Å². The maximum Gasteiger partial charge on any atom is 0.234 e. The van der Waals surface area contributed by atoms with Crippen LogP contribution in [0.15, 0.2) is 12.4 Å². The third kappa shape index (κ3) is 4.34. The fraction of sp³-hybridized carbons (Fsp3) is 0.733. The minimum atomic E-state index is 0.640. The van der Waals surface area contributed by atoms with E-state index < -0.39 is 0 Å². The van der Waals surface area contributed by atoms with Crippen LogP contribution < -0.4 is 15.0 Å². The van der Waals surface area contributed by atoms with Crippen LogP contribution in [0.2, 0.25) is 0 Å². The lowest BCUT2D eigenvalue weighted by atomic mass is 9.93. The predicted octanol–water partition coefficient (Wildman–Crippen LogP) is 2.09. The van der Waals surface area contributed by atoms with Gasteiger partial charge in [0.15, 0.2) is 5.82 Å². The van der Waals surface area contributed by atoms with Crippen LogP contribution in [0, 0.1) is 5.92 Å². The first-order chi connectivity index (χ1) is 9.83. The molecule has 0 saturated carbocycles. The van der Waals surface area contributed by atoms with Gasteiger partial charge in [0, 0.05) is 13.1 Å². The van der Waals surface area contributed by atoms with Gasteiger partial charge in [0.25, 0.3) is 0 Å². The summed E-state index contributed by atoms with van der Waals surface area (Å²) in [5.41, 5.74) is 0. The van der Waals surface area contributed by atoms with Crippen molar-refractivity contribution in [3.05, 3.63) is 12.4 Å². The number of anilines is 1. The van der Waals surface area contributed by atoms with Crippen molar-refractivity contribution in [2.24, 2.45) is 5.92 Å². The van der Waals surface area contributed by atoms with Crippen LogP contribution in [-0.2, 0) is 0 Å². The second kappa shape index (κ2) is 8.04. The molecule has 2 heterocycles. The molecule has 0 unspecified atom stereocenters. The SMILES string of the molecule is CCCOc1cncc(N2CCC(CCNC)CC2)n1. The van der Waals surface area contributed by atoms with Crippen molar-refractivity contribution in [2.75, 3.05) is 38.2 Å². The molecule has 0 aliphatic carbocycles. The van der Waals surface area contributed by atoms with E-state index in [2.05, 4.69) is 27.1 Å². The van der Waals surface area contributed by atoms with Crippen LogP contribution in [0.1, 0.15) is 32.6 Å². The molecule has 1 saturated heterocycles. The van der Waals surface area contributed by atoms with Crippen LogP contribution in [0.5, 0.6) is 5.88 Å². The fourth-order valence-corrected chi connectivity index (χ4v) is 2.57. The first kappa shape index (κ1) is 15.0. The number of hydrogen-bond donors (Lipinski definition) is 1. The summed E-state index contributed by atoms with van der Waals surface area (Å²) in [6, 6.07) is 0. The summed E-state index contributed by atoms with van der Waals surface area (Å²) in [6.07, 6.45) is 8.27. The maximum atomic E-state index is 5.55. The van der Waals surface area contributed by atoms with E-state index in [1.807, 2.05) is 13.2 Å². The first-order valence-corrected chi connectivity index (χ1v) is 7.68. The molecule has 1 aromatic rings. The minimum absolute atomic E-state index is 0.640. The molecular formula is C15H26N4O. The summed E-state index contributed by atoms with van der Waals surface area (Å²) in [6.45, 7) is 6.04. The highest BCUT2D eigenvalue weighted by Gasteiger charge is 2.20. The van der Waals surface area contributed by atoms with Gasteiger partial charge in [0.05, 0.1) is 19.0 Å². The highest BCUT2D eigenvalue weighted by Crippen LogP contribution is 2.24. The van der Waals surface area contributed by atoms with Crippen molar-refractivity contribution in [1.29, 1.82) is 0 Å². The monoisotopic (exact) mass is 278 g/mol. The summed E-state index contributed by atoms with van der Waals surface area (Å²) < 4.78 is 5.55. The van der Waals surface area contributed by atoms with Crippen LogP contribution >= 0.6 is 0 Å². The number of nitrogens with zero attached hydrogens (tertiary/aromatic N) is 3. The highest BCUT2D eigenvalue weighted by atomic mass is 16.5. The fourth-order valence-electron chi connectivity index (χ4n) is 2.57. The van der Waals surface area contributed by atoms with E-state index >= 15 is 0 Å². The summed E-state index contributed by atoms with van der Waals surface area (Å²) in [7, 11) is 2.02. The van der Waals surface area contributed by atoms with Gasteiger partial charge < -0.3 is 15.0 Å². The normalized spacial score (nSPS) is 16.4. The van der Waals surface area contributed by atoms with Gasteiger partial charge in [0.1, 0.15) is 0 Å². The zero-order chi connectivity index (χ0) is 14.2. The van der Waals surface area contributed by atoms with E-state index in [0.29, 0.717) is 12.5 Å². The van der Waals surface area contributed by atoms with Gasteiger partial charge in [-0.2, -0.15) is 4.98 Å². The Kier molecular flexibility index (Phi) is 6.05. The summed E-state index contributed by atoms with van der Waals surface area (Å²) in [4.78, 5) is 11.1. The number of hydrogen-bond acceptors (Lipinski definition) is 5. The lowest BCUT2D eigenvalue weighted by Gasteiger charge is -2.32. The minimum Gasteiger partial charge on any atom is -0.477 e. The van der Waals surface area contributed by atoms with Gasteiger partial charge >= 0.3 is 0 Å². The zero-order valence-electron chi connectivity index (χ0n) is 12.6. The van der Waals surface area contributed by atoms with Gasteiger partial charge in [-0.15, -0.1) is 0 Å². The molecule has 1 fully saturated rings. The Morgan fingerprint density at radius 2 is 2.15 bits per heavy atom. The lowest BCUT2D eigenvalue weighted by Crippen LogP contribution is -2.35. The second-order valence-corrected chi connectivity index (χ2v) is 5.39. The number of rotatable bonds is 7. The van der Waals surface area contributed by atoms with Crippen LogP contribution in [0.25, 0.3) is 0 Å². The molecule has 1 aromatic heterocycles. The molecule has 112 valence electrons. The van der Waals surface area contributed by atoms with Gasteiger partial charge in [-0.05, 0) is 45.2 Å². The van der Waals surface area contributed by atoms with Gasteiger partial charge in [0.2, 0.25) is 5.88 Å². The first-order valence-electron chi connectivity index (χ1n) is 7.68. The molecule has 0 radical (unpaired) electrons. The summed E-state index contributed by atoms with van der Waals surface area (Å²) in [5, 5.41) is 3.23. The van der Waals surface area contributed by atoms with Gasteiger partial charge in [-0.25, -0.2) is 0 Å². The van der Waals surface area contributed by atoms with Crippen molar-refractivity contribution in [1.82, 2.24) is 15.3 Å². The molecule has 5 nitrogen and oxygen atoms in total. The second-order valence-electron chi connectivity index (χ2n) is 5.39. The van der Waals surface area contributed by atoms with Crippen LogP contribution in [0.4, 0.5) is 5.82 Å². The average Bonchev–Trinajstić information content (AvgIpc) is 2.52. The molecule has 1 N–H and O–H groups in total. The van der Waals surface area contributed by atoms with Gasteiger partial charge in [-0.1, -0.05) is 6.92 Å². The molecule has 1 aliphatic rings. The number of ether oxygens (including phenoxy) is 1. The molecule has 5 heteroatoms. The predicted molar refractivity (Wildman–Crippen MR) is 81.3 cm³/mol. The smallest absolute Gasteiger partial charge is 0.234 e. The molecule has 0 amide bonds. The maximum absolute atomic E-state index is 5.55. The average molecular weight is 278 g/mol. The Balaban J connectivity index is 1.86. The third-order valence-electron chi connectivity index (χ3n) is 3.79. The van der Waals surface area contributed by atoms with Crippen molar-refractivity contribution in [3.8, 4) is 5.88 Å². The van der Waals surface area contributed by atoms with E-state index in [1.54, 1.807) is 6.20 Å². The molecule has 0 spiro atoms. The van der Waals surface area contributed by atoms with E-state index in [0.717, 1.165) is 37.8 Å². The van der Waals surface area contributed by atoms with E-state index in [1.165, 1.54) is 19.3 Å². The van der Waals surface area contributed by atoms with Crippen molar-refractivity contribution < 1.29 is 4.74 Å². The molecule has 0 aromatic carbocycles. The quantitative estimate of drug-likeness (QED) is 0.827. The molecule has 0 bridgehead atoms. The number of piperidine rings is 1. The van der Waals surface area contributed by atoms with E-state index in [4.69, 9.17) is 4.74 Å². The van der Waals surface area contributed by atoms with E-state index in [9.17, 15) is 0 Å². The third-order valence-corrected chi connectivity index (χ3v) is 3.79. The largest absolute Gasteiger partial charge is 0.477 e. The summed E-state index contributed by atoms with van der Waals surface area (Å²) >= 11 is 0. The zero-order valence-corrected chi connectivity index (χ0v) is 12.6. The number of nitrogens with one attached hydrogen (secondary N) is 1. The van der Waals surface area contributed by atoms with Crippen molar-refractivity contribution >= 4 is 5.82 Å². The molecular weight excluding hydrogens is 252 g/mol. The Morgan fingerprint density at radius 3 is 2.85 bits per heavy atom. The molecule has 20 heavy (non-hydrogen) atoms. The van der Waals surface area contributed by atoms with Crippen molar-refractivity contribution in [3.63, 3.8) is 0 Å². The van der Waals surface area contributed by atoms with E-state index in [-0.39, 0.29) is 0 Å². The Labute approximate surface area is 121 Å². The molecule has 0 atom stereocenters. The highest BCUT2D eigenvalue weighted by molar-refractivity contribution is 5.37. The van der Waals surface area contributed by atoms with Crippen molar-refractivity contribution in [2.45, 2.75) is 32.6 Å². The van der Waals surface area contributed by atoms with Crippen LogP contribution in [-0.4, -0.2) is 43.3 Å². The molecule has 1 aliphatic heterocycles. The summed E-state index contributed by atoms with van der Waals surface area (Å²) in [5.74, 6) is 2.43. The van der Waals surface area contributed by atoms with Gasteiger partial charge in [-0.3, -0.25) is 4.98 Å². The topological polar surface area (TPSA) is 50.3 Å². The molecule has 2 rings (SSSR count).